The Morgan fingerprint density at radius 3 is 2.36 bits per heavy atom. The molecule has 5 bridgehead atoms. The number of hydrogen-bond donors (Lipinski definition) is 9. The van der Waals surface area contributed by atoms with Crippen LogP contribution in [0.2, 0.25) is 5.02 Å². The highest BCUT2D eigenvalue weighted by Gasteiger charge is 2.50. The molecule has 4 aliphatic heterocycles. The number of ketones is 1. The lowest BCUT2D eigenvalue weighted by Crippen LogP contribution is -2.46. The van der Waals surface area contributed by atoms with E-state index in [1.54, 1.807) is 55.5 Å². The van der Waals surface area contributed by atoms with E-state index >= 15 is 4.39 Å². The van der Waals surface area contributed by atoms with E-state index in [0.717, 1.165) is 30.7 Å². The number of fused-ring (bicyclic) bond motifs is 15. The number of aromatic hydroxyl groups is 3. The highest BCUT2D eigenvalue weighted by Crippen LogP contribution is 2.55. The van der Waals surface area contributed by atoms with Crippen molar-refractivity contribution in [2.75, 3.05) is 30.4 Å². The van der Waals surface area contributed by atoms with Gasteiger partial charge in [-0.2, -0.15) is 0 Å². The van der Waals surface area contributed by atoms with Crippen molar-refractivity contribution in [2.45, 2.75) is 117 Å². The first-order chi connectivity index (χ1) is 36.8. The average Bonchev–Trinajstić information content (AvgIpc) is 4.24. The smallest absolute Gasteiger partial charge is 0.341 e. The number of ether oxygens (including phenoxy) is 4. The number of carboxylic acids is 1. The molecule has 1 saturated carbocycles. The Kier molecular flexibility index (Phi) is 16.3. The molecule has 9 atom stereocenters. The van der Waals surface area contributed by atoms with E-state index in [9.17, 15) is 54.6 Å². The second kappa shape index (κ2) is 22.3. The number of nitrogens with one attached hydrogen (secondary N) is 3. The average molecular weight is 1100 g/mol. The number of rotatable bonds is 9. The van der Waals surface area contributed by atoms with Gasteiger partial charge in [-0.15, -0.1) is 0 Å². The molecular weight excluding hydrogens is 1040 g/mol. The number of halogens is 2. The van der Waals surface area contributed by atoms with Crippen molar-refractivity contribution in [2.24, 2.45) is 23.7 Å². The number of hydrogen-bond acceptors (Lipinski definition) is 17. The maximum atomic E-state index is 16.0. The van der Waals surface area contributed by atoms with E-state index in [-0.39, 0.29) is 85.2 Å². The molecule has 1 aliphatic carbocycles. The highest BCUT2D eigenvalue weighted by molar-refractivity contribution is 6.38. The number of aliphatic hydroxyl groups is 2. The standard InChI is InChI=1S/C56H65ClFN5O15/c1-24-11-10-12-25(2)54(72)61-42-34(21-60-59-20-31-15-17-62(22-31)44-36(58)19-33-43(41(44)57)63(32-13-14-32)23-35(48(33)68)55(73)74)49(69)38-39(50(42)70)47(67)29(6)52-40(38)53(71)56(8,78-52)76-18-16-37(75-9)26(3)51(77-30(7)64)28(5)46(66)27(4)45(24)65/h10-12,16,18-20,23-24,26-28,32,37,45-46,51,59-60,65-67,69-70H,13-15,17,21-22H2,1-9H3,(H,61,72)(H,73,74)/t24-,26+,27+,28+,37-,45-,46+,51+,56-/m0/s1. The summed E-state index contributed by atoms with van der Waals surface area (Å²) in [6.45, 7) is 12.4. The molecule has 2 fully saturated rings. The predicted molar refractivity (Wildman–Crippen MR) is 287 cm³/mol. The SMILES string of the molecule is CO[C@H]1C=CO[C@@]2(C)Oc3c(C)c(O)c4c(O)c(c(CNNC=C5CCN(c6c(F)cc7c(=O)c(C(=O)O)cn(C8CC8)c7c6Cl)C5)c(O)c4c3C2=O)NC(=O)C(C)=CC=C[C@H](C)[C@H](O)[C@@H](C)[C@@H](O)[C@@H](C)[C@H](OC(C)=O)[C@@H]1C. The van der Waals surface area contributed by atoms with Crippen LogP contribution in [0.15, 0.2) is 65.0 Å². The van der Waals surface area contributed by atoms with Crippen LogP contribution >= 0.6 is 11.6 Å². The molecule has 3 aromatic carbocycles. The number of methoxy groups -OCH3 is 1. The van der Waals surface area contributed by atoms with Gasteiger partial charge in [0, 0.05) is 105 Å². The molecule has 22 heteroatoms. The number of allylic oxidation sites excluding steroid dienone is 2. The fraction of sp³-hybridized carbons (Fsp3) is 0.446. The van der Waals surface area contributed by atoms with E-state index in [1.807, 2.05) is 0 Å². The highest BCUT2D eigenvalue weighted by atomic mass is 35.5. The number of carbonyl (C=O) groups is 4. The van der Waals surface area contributed by atoms with E-state index in [2.05, 4.69) is 16.2 Å². The lowest BCUT2D eigenvalue weighted by molar-refractivity contribution is -0.160. The Balaban J connectivity index is 1.15. The van der Waals surface area contributed by atoms with Crippen molar-refractivity contribution >= 4 is 68.3 Å². The molecule has 0 radical (unpaired) electrons. The third-order valence-corrected chi connectivity index (χ3v) is 15.9. The number of amides is 1. The molecule has 1 aromatic heterocycles. The molecule has 1 saturated heterocycles. The second-order valence-corrected chi connectivity index (χ2v) is 21.3. The van der Waals surface area contributed by atoms with E-state index in [0.29, 0.717) is 13.0 Å². The lowest BCUT2D eigenvalue weighted by Gasteiger charge is -2.38. The molecule has 5 heterocycles. The molecule has 0 unspecified atom stereocenters. The van der Waals surface area contributed by atoms with Gasteiger partial charge in [-0.3, -0.25) is 19.2 Å². The van der Waals surface area contributed by atoms with Gasteiger partial charge in [0.05, 0.1) is 62.8 Å². The number of esters is 1. The number of Topliss-reactive ketones (excluding diaryl/α,β-unsaturated/α-hetero) is 1. The quantitative estimate of drug-likeness (QED) is 0.0262. The van der Waals surface area contributed by atoms with Crippen LogP contribution in [-0.4, -0.2) is 109 Å². The lowest BCUT2D eigenvalue weighted by atomic mass is 9.78. The summed E-state index contributed by atoms with van der Waals surface area (Å²) < 4.78 is 41.3. The number of carboxylic acid groups (broad SMARTS) is 1. The molecule has 5 aliphatic rings. The Labute approximate surface area is 453 Å². The van der Waals surface area contributed by atoms with E-state index in [1.165, 1.54) is 53.2 Å². The number of nitrogens with zero attached hydrogens (tertiary/aromatic N) is 2. The molecule has 418 valence electrons. The molecule has 9 rings (SSSR count). The van der Waals surface area contributed by atoms with Crippen LogP contribution in [0.5, 0.6) is 23.0 Å². The maximum Gasteiger partial charge on any atom is 0.341 e. The van der Waals surface area contributed by atoms with Gasteiger partial charge < -0.3 is 69.8 Å². The third kappa shape index (κ3) is 10.5. The fourth-order valence-electron chi connectivity index (χ4n) is 10.8. The van der Waals surface area contributed by atoms with Crippen molar-refractivity contribution in [1.82, 2.24) is 15.4 Å². The van der Waals surface area contributed by atoms with Crippen LogP contribution in [0.25, 0.3) is 21.7 Å². The number of aromatic carboxylic acids is 1. The number of aromatic nitrogens is 1. The van der Waals surface area contributed by atoms with Crippen molar-refractivity contribution in [1.29, 1.82) is 0 Å². The number of hydrazine groups is 1. The number of anilines is 2. The number of pyridine rings is 1. The van der Waals surface area contributed by atoms with E-state index in [4.69, 9.17) is 30.5 Å². The Morgan fingerprint density at radius 1 is 1.00 bits per heavy atom. The molecule has 20 nitrogen and oxygen atoms in total. The third-order valence-electron chi connectivity index (χ3n) is 15.5. The van der Waals surface area contributed by atoms with Gasteiger partial charge in [0.2, 0.25) is 5.43 Å². The normalized spacial score (nSPS) is 26.6. The van der Waals surface area contributed by atoms with Crippen LogP contribution in [0, 0.1) is 36.4 Å². The molecular formula is C56H65ClFN5O15. The zero-order chi connectivity index (χ0) is 57.0. The zero-order valence-electron chi connectivity index (χ0n) is 44.6. The van der Waals surface area contributed by atoms with Crippen molar-refractivity contribution < 1.29 is 73.2 Å². The van der Waals surface area contributed by atoms with Gasteiger partial charge in [-0.05, 0) is 50.8 Å². The first kappa shape index (κ1) is 57.0. The van der Waals surface area contributed by atoms with Gasteiger partial charge in [0.1, 0.15) is 34.7 Å². The van der Waals surface area contributed by atoms with Crippen LogP contribution in [0.1, 0.15) is 106 Å². The maximum absolute atomic E-state index is 16.0. The second-order valence-electron chi connectivity index (χ2n) is 20.9. The number of phenols is 3. The fourth-order valence-corrected chi connectivity index (χ4v) is 11.2. The molecule has 4 aromatic rings. The van der Waals surface area contributed by atoms with E-state index < -0.39 is 112 Å². The monoisotopic (exact) mass is 1100 g/mol. The Bertz CT molecular complexity index is 3320. The van der Waals surface area contributed by atoms with Gasteiger partial charge >= 0.3 is 17.7 Å². The number of aliphatic hydroxyl groups excluding tert-OH is 2. The molecule has 1 amide bonds. The Hall–Kier alpha value is -7.17. The number of benzene rings is 3. The first-order valence-corrected chi connectivity index (χ1v) is 26.0. The minimum atomic E-state index is -2.13. The van der Waals surface area contributed by atoms with Crippen LogP contribution in [-0.2, 0) is 30.3 Å². The number of carbonyl (C=O) groups excluding carboxylic acids is 3. The molecule has 9 N–H and O–H groups in total. The van der Waals surface area contributed by atoms with Crippen molar-refractivity contribution in [3.05, 3.63) is 103 Å². The zero-order valence-corrected chi connectivity index (χ0v) is 45.3. The summed E-state index contributed by atoms with van der Waals surface area (Å²) in [6, 6.07) is 0.920. The largest absolute Gasteiger partial charge is 0.507 e. The summed E-state index contributed by atoms with van der Waals surface area (Å²) in [5.74, 6) is -11.3. The number of phenolic OH excluding ortho intramolecular Hbond substituents is 3. The first-order valence-electron chi connectivity index (χ1n) is 25.6. The van der Waals surface area contributed by atoms with Gasteiger partial charge in [-0.25, -0.2) is 14.6 Å². The summed E-state index contributed by atoms with van der Waals surface area (Å²) in [5.41, 5.74) is 4.96. The minimum absolute atomic E-state index is 0.00854. The molecule has 78 heavy (non-hydrogen) atoms. The minimum Gasteiger partial charge on any atom is -0.507 e. The van der Waals surface area contributed by atoms with Gasteiger partial charge in [0.25, 0.3) is 11.7 Å². The summed E-state index contributed by atoms with van der Waals surface area (Å²) in [7, 11) is 1.41. The summed E-state index contributed by atoms with van der Waals surface area (Å²) in [4.78, 5) is 67.9. The summed E-state index contributed by atoms with van der Waals surface area (Å²) in [6.07, 6.45) is 7.89. The van der Waals surface area contributed by atoms with Gasteiger partial charge in [-0.1, -0.05) is 57.5 Å². The molecule has 0 spiro atoms. The Morgan fingerprint density at radius 2 is 1.71 bits per heavy atom. The predicted octanol–water partition coefficient (Wildman–Crippen LogP) is 7.28. The van der Waals surface area contributed by atoms with Crippen molar-refractivity contribution in [3.8, 4) is 23.0 Å². The van der Waals surface area contributed by atoms with Gasteiger partial charge in [0.15, 0.2) is 5.75 Å². The summed E-state index contributed by atoms with van der Waals surface area (Å²) in [5, 5.41) is 70.8. The summed E-state index contributed by atoms with van der Waals surface area (Å²) >= 11 is 6.90. The van der Waals surface area contributed by atoms with Crippen LogP contribution in [0.3, 0.4) is 0 Å². The van der Waals surface area contributed by atoms with Crippen LogP contribution < -0.4 is 31.2 Å². The van der Waals surface area contributed by atoms with Crippen molar-refractivity contribution in [3.63, 3.8) is 0 Å². The topological polar surface area (TPSA) is 288 Å². The van der Waals surface area contributed by atoms with Crippen LogP contribution in [0.4, 0.5) is 15.8 Å².